The predicted octanol–water partition coefficient (Wildman–Crippen LogP) is 12.5. The van der Waals surface area contributed by atoms with Gasteiger partial charge in [-0.25, -0.2) is 15.0 Å². The number of fused-ring (bicyclic) bond motifs is 6. The van der Waals surface area contributed by atoms with Gasteiger partial charge in [0, 0.05) is 33.0 Å². The van der Waals surface area contributed by atoms with Gasteiger partial charge in [-0.3, -0.25) is 0 Å². The molecule has 1 aliphatic carbocycles. The van der Waals surface area contributed by atoms with Gasteiger partial charge in [0.25, 0.3) is 0 Å². The van der Waals surface area contributed by atoms with Gasteiger partial charge in [0.1, 0.15) is 11.2 Å². The third-order valence-corrected chi connectivity index (χ3v) is 9.96. The number of allylic oxidation sites excluding steroid dienone is 4. The summed E-state index contributed by atoms with van der Waals surface area (Å²) in [6, 6.07) is 50.8. The van der Waals surface area contributed by atoms with Crippen molar-refractivity contribution in [3.8, 4) is 45.3 Å². The zero-order valence-electron chi connectivity index (χ0n) is 27.8. The second kappa shape index (κ2) is 12.0. The standard InChI is InChI=1S/C47H31N3O/c1-3-11-30(12-4-1)31-19-24-35(25-20-31)46-48-45(34-14-5-2-6-15-34)49-47(50-46)40-28-27-38(44-43(40)39-17-9-10-18-42(39)51-44)36-26-23-33-22-21-32-13-7-8-16-37(32)41(33)29-36/h2-3,5-29H,1,4H2. The molecular formula is C47H31N3O. The predicted molar refractivity (Wildman–Crippen MR) is 210 cm³/mol. The van der Waals surface area contributed by atoms with Crippen LogP contribution in [0.2, 0.25) is 0 Å². The Balaban J connectivity index is 1.18. The summed E-state index contributed by atoms with van der Waals surface area (Å²) in [6.07, 6.45) is 8.90. The molecule has 240 valence electrons. The lowest BCUT2D eigenvalue weighted by Gasteiger charge is -2.12. The van der Waals surface area contributed by atoms with E-state index in [1.165, 1.54) is 32.7 Å². The highest BCUT2D eigenvalue weighted by Crippen LogP contribution is 2.42. The molecule has 0 aliphatic heterocycles. The fourth-order valence-electron chi connectivity index (χ4n) is 7.39. The van der Waals surface area contributed by atoms with Crippen molar-refractivity contribution in [2.45, 2.75) is 12.8 Å². The van der Waals surface area contributed by atoms with Gasteiger partial charge in [-0.2, -0.15) is 0 Å². The summed E-state index contributed by atoms with van der Waals surface area (Å²) in [5.74, 6) is 1.86. The second-order valence-corrected chi connectivity index (χ2v) is 13.1. The third-order valence-electron chi connectivity index (χ3n) is 9.96. The molecular weight excluding hydrogens is 623 g/mol. The average molecular weight is 654 g/mol. The number of furan rings is 1. The number of hydrogen-bond acceptors (Lipinski definition) is 4. The van der Waals surface area contributed by atoms with Gasteiger partial charge in [0.2, 0.25) is 0 Å². The van der Waals surface area contributed by atoms with E-state index in [9.17, 15) is 0 Å². The Hall–Kier alpha value is -6.65. The van der Waals surface area contributed by atoms with Gasteiger partial charge in [-0.05, 0) is 75.4 Å². The van der Waals surface area contributed by atoms with Crippen LogP contribution in [0, 0.1) is 0 Å². The maximum Gasteiger partial charge on any atom is 0.164 e. The molecule has 4 heteroatoms. The van der Waals surface area contributed by atoms with Gasteiger partial charge >= 0.3 is 0 Å². The van der Waals surface area contributed by atoms with Gasteiger partial charge in [0.05, 0.1) is 0 Å². The monoisotopic (exact) mass is 653 g/mol. The zero-order chi connectivity index (χ0) is 33.7. The number of para-hydroxylation sites is 1. The Morgan fingerprint density at radius 2 is 1.08 bits per heavy atom. The van der Waals surface area contributed by atoms with E-state index >= 15 is 0 Å². The molecule has 0 bridgehead atoms. The Kier molecular flexibility index (Phi) is 6.91. The molecule has 1 aliphatic rings. The first kappa shape index (κ1) is 29.3. The molecule has 9 aromatic rings. The van der Waals surface area contributed by atoms with E-state index in [0.717, 1.165) is 62.6 Å². The zero-order valence-corrected chi connectivity index (χ0v) is 27.8. The molecule has 10 rings (SSSR count). The molecule has 51 heavy (non-hydrogen) atoms. The van der Waals surface area contributed by atoms with Crippen molar-refractivity contribution in [3.63, 3.8) is 0 Å². The van der Waals surface area contributed by atoms with Crippen LogP contribution in [0.5, 0.6) is 0 Å². The van der Waals surface area contributed by atoms with Crippen LogP contribution < -0.4 is 0 Å². The normalized spacial score (nSPS) is 13.0. The number of benzene rings is 7. The highest BCUT2D eigenvalue weighted by atomic mass is 16.3. The highest BCUT2D eigenvalue weighted by Gasteiger charge is 2.21. The van der Waals surface area contributed by atoms with Gasteiger partial charge in [0.15, 0.2) is 17.5 Å². The van der Waals surface area contributed by atoms with E-state index in [4.69, 9.17) is 19.4 Å². The third kappa shape index (κ3) is 5.12. The lowest BCUT2D eigenvalue weighted by Crippen LogP contribution is -2.00. The van der Waals surface area contributed by atoms with Crippen LogP contribution in [0.4, 0.5) is 0 Å². The van der Waals surface area contributed by atoms with Gasteiger partial charge in [-0.1, -0.05) is 140 Å². The summed E-state index contributed by atoms with van der Waals surface area (Å²) >= 11 is 0. The first-order chi connectivity index (χ1) is 25.3. The maximum absolute atomic E-state index is 6.72. The summed E-state index contributed by atoms with van der Waals surface area (Å²) in [7, 11) is 0. The van der Waals surface area contributed by atoms with Crippen molar-refractivity contribution >= 4 is 49.1 Å². The number of nitrogens with zero attached hydrogens (tertiary/aromatic N) is 3. The van der Waals surface area contributed by atoms with Crippen molar-refractivity contribution in [3.05, 3.63) is 169 Å². The molecule has 2 aromatic heterocycles. The molecule has 0 radical (unpaired) electrons. The van der Waals surface area contributed by atoms with Crippen LogP contribution in [0.25, 0.3) is 94.3 Å². The fraction of sp³-hybridized carbons (Fsp3) is 0.0426. The molecule has 4 nitrogen and oxygen atoms in total. The number of hydrogen-bond donors (Lipinski definition) is 0. The number of rotatable bonds is 5. The van der Waals surface area contributed by atoms with Crippen LogP contribution in [-0.2, 0) is 0 Å². The van der Waals surface area contributed by atoms with E-state index < -0.39 is 0 Å². The summed E-state index contributed by atoms with van der Waals surface area (Å²) in [4.78, 5) is 15.3. The minimum absolute atomic E-state index is 0.605. The molecule has 0 N–H and O–H groups in total. The molecule has 0 spiro atoms. The molecule has 2 heterocycles. The molecule has 0 fully saturated rings. The van der Waals surface area contributed by atoms with E-state index in [1.54, 1.807) is 0 Å². The maximum atomic E-state index is 6.72. The van der Waals surface area contributed by atoms with E-state index in [2.05, 4.69) is 121 Å². The van der Waals surface area contributed by atoms with Crippen molar-refractivity contribution in [1.82, 2.24) is 15.0 Å². The van der Waals surface area contributed by atoms with Crippen molar-refractivity contribution < 1.29 is 4.42 Å². The Labute approximate surface area is 295 Å². The van der Waals surface area contributed by atoms with Gasteiger partial charge in [-0.15, -0.1) is 0 Å². The second-order valence-electron chi connectivity index (χ2n) is 13.1. The molecule has 0 unspecified atom stereocenters. The van der Waals surface area contributed by atoms with Crippen LogP contribution >= 0.6 is 0 Å². The average Bonchev–Trinajstić information content (AvgIpc) is 3.61. The van der Waals surface area contributed by atoms with Crippen LogP contribution in [0.1, 0.15) is 18.4 Å². The SMILES string of the molecule is C1=CC(c2ccc(-c3nc(-c4ccccc4)nc(-c4ccc(-c5ccc6ccc7ccccc7c6c5)c5oc6ccccc6c45)n3)cc2)=CCC1. The van der Waals surface area contributed by atoms with E-state index in [-0.39, 0.29) is 0 Å². The summed E-state index contributed by atoms with van der Waals surface area (Å²) in [5.41, 5.74) is 8.98. The molecule has 0 atom stereocenters. The number of aromatic nitrogens is 3. The van der Waals surface area contributed by atoms with Crippen LogP contribution in [0.3, 0.4) is 0 Å². The van der Waals surface area contributed by atoms with E-state index in [0.29, 0.717) is 17.5 Å². The Bertz CT molecular complexity index is 2850. The fourth-order valence-corrected chi connectivity index (χ4v) is 7.39. The quantitative estimate of drug-likeness (QED) is 0.173. The largest absolute Gasteiger partial charge is 0.455 e. The van der Waals surface area contributed by atoms with Crippen LogP contribution in [-0.4, -0.2) is 15.0 Å². The summed E-state index contributed by atoms with van der Waals surface area (Å²) < 4.78 is 6.72. The molecule has 0 saturated carbocycles. The minimum atomic E-state index is 0.605. The minimum Gasteiger partial charge on any atom is -0.455 e. The lowest BCUT2D eigenvalue weighted by molar-refractivity contribution is 0.670. The molecule has 7 aromatic carbocycles. The Morgan fingerprint density at radius 3 is 1.88 bits per heavy atom. The smallest absolute Gasteiger partial charge is 0.164 e. The van der Waals surface area contributed by atoms with Gasteiger partial charge < -0.3 is 4.42 Å². The molecule has 0 saturated heterocycles. The molecule has 0 amide bonds. The van der Waals surface area contributed by atoms with Crippen molar-refractivity contribution in [1.29, 1.82) is 0 Å². The first-order valence-electron chi connectivity index (χ1n) is 17.4. The van der Waals surface area contributed by atoms with Crippen LogP contribution in [0.15, 0.2) is 168 Å². The topological polar surface area (TPSA) is 51.8 Å². The lowest BCUT2D eigenvalue weighted by atomic mass is 9.94. The first-order valence-corrected chi connectivity index (χ1v) is 17.4. The summed E-state index contributed by atoms with van der Waals surface area (Å²) in [6.45, 7) is 0. The Morgan fingerprint density at radius 1 is 0.451 bits per heavy atom. The van der Waals surface area contributed by atoms with Crippen molar-refractivity contribution in [2.75, 3.05) is 0 Å². The highest BCUT2D eigenvalue weighted by molar-refractivity contribution is 6.16. The van der Waals surface area contributed by atoms with E-state index in [1.807, 2.05) is 42.5 Å². The van der Waals surface area contributed by atoms with Crippen molar-refractivity contribution in [2.24, 2.45) is 0 Å². The summed E-state index contributed by atoms with van der Waals surface area (Å²) in [5, 5.41) is 6.90.